The highest BCUT2D eigenvalue weighted by Crippen LogP contribution is 2.26. The first-order valence-corrected chi connectivity index (χ1v) is 5.63. The third-order valence-electron chi connectivity index (χ3n) is 2.85. The van der Waals surface area contributed by atoms with Crippen LogP contribution in [0.15, 0.2) is 30.3 Å². The van der Waals surface area contributed by atoms with Gasteiger partial charge < -0.3 is 10.1 Å². The molecule has 1 rings (SSSR count). The first kappa shape index (κ1) is 12.7. The quantitative estimate of drug-likeness (QED) is 0.774. The molecule has 0 aliphatic carbocycles. The Labute approximate surface area is 96.8 Å². The minimum absolute atomic E-state index is 0.216. The second-order valence-electron chi connectivity index (χ2n) is 3.60. The van der Waals surface area contributed by atoms with Crippen LogP contribution >= 0.6 is 0 Å². The maximum absolute atomic E-state index is 12.0. The Morgan fingerprint density at radius 1 is 1.31 bits per heavy atom. The molecule has 0 saturated heterocycles. The molecule has 0 aliphatic rings. The molecule has 1 aromatic rings. The van der Waals surface area contributed by atoms with Crippen molar-refractivity contribution in [3.8, 4) is 0 Å². The Morgan fingerprint density at radius 3 is 2.38 bits per heavy atom. The van der Waals surface area contributed by atoms with Crippen LogP contribution in [0, 0.1) is 0 Å². The van der Waals surface area contributed by atoms with Gasteiger partial charge in [0.15, 0.2) is 0 Å². The molecule has 0 aliphatic heterocycles. The summed E-state index contributed by atoms with van der Waals surface area (Å²) in [6, 6.07) is 9.67. The van der Waals surface area contributed by atoms with Gasteiger partial charge in [0.05, 0.1) is 6.61 Å². The molecule has 1 atom stereocenters. The van der Waals surface area contributed by atoms with Gasteiger partial charge in [0.25, 0.3) is 0 Å². The van der Waals surface area contributed by atoms with Crippen molar-refractivity contribution in [1.82, 2.24) is 5.32 Å². The maximum atomic E-state index is 12.0. The summed E-state index contributed by atoms with van der Waals surface area (Å²) in [6.45, 7) is 4.19. The van der Waals surface area contributed by atoms with Crippen LogP contribution in [0.3, 0.4) is 0 Å². The van der Waals surface area contributed by atoms with E-state index in [1.54, 1.807) is 7.05 Å². The summed E-state index contributed by atoms with van der Waals surface area (Å²) < 4.78 is 5.14. The van der Waals surface area contributed by atoms with Gasteiger partial charge in [-0.3, -0.25) is 0 Å². The molecule has 0 heterocycles. The summed E-state index contributed by atoms with van der Waals surface area (Å²) in [5.41, 5.74) is 0.218. The highest BCUT2D eigenvalue weighted by molar-refractivity contribution is 5.82. The first-order valence-electron chi connectivity index (χ1n) is 5.63. The summed E-state index contributed by atoms with van der Waals surface area (Å²) in [4.78, 5) is 12.0. The molecule has 1 unspecified atom stereocenters. The summed E-state index contributed by atoms with van der Waals surface area (Å²) in [7, 11) is 1.79. The minimum atomic E-state index is -0.725. The van der Waals surface area contributed by atoms with Gasteiger partial charge >= 0.3 is 5.97 Å². The Bertz CT molecular complexity index is 331. The Kier molecular flexibility index (Phi) is 4.50. The van der Waals surface area contributed by atoms with Crippen molar-refractivity contribution < 1.29 is 9.53 Å². The molecule has 0 bridgehead atoms. The van der Waals surface area contributed by atoms with E-state index in [-0.39, 0.29) is 5.97 Å². The fourth-order valence-corrected chi connectivity index (χ4v) is 1.87. The fourth-order valence-electron chi connectivity index (χ4n) is 1.87. The average Bonchev–Trinajstić information content (AvgIpc) is 2.33. The number of hydrogen-bond donors (Lipinski definition) is 1. The number of esters is 1. The summed E-state index contributed by atoms with van der Waals surface area (Å²) >= 11 is 0. The van der Waals surface area contributed by atoms with Crippen molar-refractivity contribution in [2.24, 2.45) is 0 Å². The highest BCUT2D eigenvalue weighted by Gasteiger charge is 2.38. The van der Waals surface area contributed by atoms with Gasteiger partial charge in [0.1, 0.15) is 5.54 Å². The number of nitrogens with one attached hydrogen (secondary N) is 1. The van der Waals surface area contributed by atoms with Crippen molar-refractivity contribution in [3.05, 3.63) is 35.9 Å². The van der Waals surface area contributed by atoms with E-state index in [0.29, 0.717) is 13.0 Å². The van der Waals surface area contributed by atoms with Crippen molar-refractivity contribution >= 4 is 5.97 Å². The van der Waals surface area contributed by atoms with Crippen LogP contribution < -0.4 is 5.32 Å². The lowest BCUT2D eigenvalue weighted by Crippen LogP contribution is -2.48. The van der Waals surface area contributed by atoms with Crippen molar-refractivity contribution in [3.63, 3.8) is 0 Å². The lowest BCUT2D eigenvalue weighted by Gasteiger charge is -2.30. The molecule has 0 spiro atoms. The van der Waals surface area contributed by atoms with Gasteiger partial charge in [-0.25, -0.2) is 4.79 Å². The Balaban J connectivity index is 3.10. The standard InChI is InChI=1S/C13H19NO2/c1-4-13(14-3,12(15)16-5-2)11-9-7-6-8-10-11/h6-10,14H,4-5H2,1-3H3. The first-order chi connectivity index (χ1) is 7.71. The Hall–Kier alpha value is -1.35. The zero-order valence-electron chi connectivity index (χ0n) is 10.1. The largest absolute Gasteiger partial charge is 0.464 e. The summed E-state index contributed by atoms with van der Waals surface area (Å²) in [5.74, 6) is -0.216. The molecule has 0 saturated carbocycles. The van der Waals surface area contributed by atoms with Crippen molar-refractivity contribution in [2.45, 2.75) is 25.8 Å². The number of carbonyl (C=O) groups is 1. The van der Waals surface area contributed by atoms with E-state index in [0.717, 1.165) is 5.56 Å². The molecule has 3 nitrogen and oxygen atoms in total. The fraction of sp³-hybridized carbons (Fsp3) is 0.462. The van der Waals surface area contributed by atoms with Crippen LogP contribution in [-0.4, -0.2) is 19.6 Å². The lowest BCUT2D eigenvalue weighted by molar-refractivity contribution is -0.151. The zero-order chi connectivity index (χ0) is 12.0. The molecule has 1 aromatic carbocycles. The number of hydrogen-bond acceptors (Lipinski definition) is 3. The Morgan fingerprint density at radius 2 is 1.94 bits per heavy atom. The molecule has 1 N–H and O–H groups in total. The minimum Gasteiger partial charge on any atom is -0.464 e. The molecular formula is C13H19NO2. The maximum Gasteiger partial charge on any atom is 0.330 e. The molecule has 16 heavy (non-hydrogen) atoms. The second-order valence-corrected chi connectivity index (χ2v) is 3.60. The van der Waals surface area contributed by atoms with Gasteiger partial charge in [0, 0.05) is 0 Å². The normalized spacial score (nSPS) is 14.2. The van der Waals surface area contributed by atoms with E-state index in [1.807, 2.05) is 44.2 Å². The molecule has 0 radical (unpaired) electrons. The van der Waals surface area contributed by atoms with E-state index < -0.39 is 5.54 Å². The van der Waals surface area contributed by atoms with Crippen LogP contribution in [-0.2, 0) is 15.1 Å². The predicted molar refractivity (Wildman–Crippen MR) is 64.1 cm³/mol. The number of likely N-dealkylation sites (N-methyl/N-ethyl adjacent to an activating group) is 1. The molecule has 0 fully saturated rings. The summed E-state index contributed by atoms with van der Waals surface area (Å²) in [6.07, 6.45) is 0.659. The summed E-state index contributed by atoms with van der Waals surface area (Å²) in [5, 5.41) is 3.09. The molecule has 3 heteroatoms. The van der Waals surface area contributed by atoms with Crippen LogP contribution in [0.4, 0.5) is 0 Å². The van der Waals surface area contributed by atoms with Crippen LogP contribution in [0.1, 0.15) is 25.8 Å². The van der Waals surface area contributed by atoms with Crippen molar-refractivity contribution in [2.75, 3.05) is 13.7 Å². The van der Waals surface area contributed by atoms with Crippen LogP contribution in [0.5, 0.6) is 0 Å². The third-order valence-corrected chi connectivity index (χ3v) is 2.85. The van der Waals surface area contributed by atoms with Gasteiger partial charge in [0.2, 0.25) is 0 Å². The van der Waals surface area contributed by atoms with E-state index in [2.05, 4.69) is 5.32 Å². The number of ether oxygens (including phenoxy) is 1. The van der Waals surface area contributed by atoms with E-state index in [1.165, 1.54) is 0 Å². The molecule has 0 aromatic heterocycles. The lowest BCUT2D eigenvalue weighted by atomic mass is 9.87. The molecule has 88 valence electrons. The number of benzene rings is 1. The SMILES string of the molecule is CCOC(=O)C(CC)(NC)c1ccccc1. The average molecular weight is 221 g/mol. The van der Waals surface area contributed by atoms with Crippen LogP contribution in [0.25, 0.3) is 0 Å². The monoisotopic (exact) mass is 221 g/mol. The number of rotatable bonds is 5. The predicted octanol–water partition coefficient (Wildman–Crippen LogP) is 2.07. The van der Waals surface area contributed by atoms with Gasteiger partial charge in [-0.2, -0.15) is 0 Å². The molecular weight excluding hydrogens is 202 g/mol. The zero-order valence-corrected chi connectivity index (χ0v) is 10.1. The van der Waals surface area contributed by atoms with Crippen LogP contribution in [0.2, 0.25) is 0 Å². The van der Waals surface area contributed by atoms with Gasteiger partial charge in [-0.1, -0.05) is 37.3 Å². The highest BCUT2D eigenvalue weighted by atomic mass is 16.5. The smallest absolute Gasteiger partial charge is 0.330 e. The van der Waals surface area contributed by atoms with E-state index >= 15 is 0 Å². The third kappa shape index (κ3) is 2.25. The van der Waals surface area contributed by atoms with E-state index in [9.17, 15) is 4.79 Å². The van der Waals surface area contributed by atoms with Gasteiger partial charge in [-0.15, -0.1) is 0 Å². The molecule has 0 amide bonds. The topological polar surface area (TPSA) is 38.3 Å². The second kappa shape index (κ2) is 5.66. The number of carbonyl (C=O) groups excluding carboxylic acids is 1. The van der Waals surface area contributed by atoms with Gasteiger partial charge in [-0.05, 0) is 26.0 Å². The van der Waals surface area contributed by atoms with E-state index in [4.69, 9.17) is 4.74 Å². The van der Waals surface area contributed by atoms with Crippen molar-refractivity contribution in [1.29, 1.82) is 0 Å².